The number of nitrogens with zero attached hydrogens (tertiary/aromatic N) is 2. The number of hydrogen-bond acceptors (Lipinski definition) is 4. The van der Waals surface area contributed by atoms with Crippen molar-refractivity contribution in [3.8, 4) is 10.7 Å². The standard InChI is InChI=1S/C15H11F3N4OS/c16-15(17,18)11-6-24-14(21-11)10-3-8-5-19-12(4-9(8)20-10)22-13(23)7-1-2-7/h3-7,20H,1-2H2,(H,19,22,23). The normalized spacial score (nSPS) is 15.0. The Bertz CT molecular complexity index is 926. The minimum Gasteiger partial charge on any atom is -0.352 e. The van der Waals surface area contributed by atoms with Crippen molar-refractivity contribution in [1.29, 1.82) is 0 Å². The van der Waals surface area contributed by atoms with Crippen LogP contribution < -0.4 is 5.32 Å². The van der Waals surface area contributed by atoms with Gasteiger partial charge in [0, 0.05) is 28.9 Å². The quantitative estimate of drug-likeness (QED) is 0.747. The second-order valence-corrected chi connectivity index (χ2v) is 6.50. The van der Waals surface area contributed by atoms with Gasteiger partial charge in [0.2, 0.25) is 5.91 Å². The number of rotatable bonds is 3. The number of aromatic amines is 1. The van der Waals surface area contributed by atoms with Crippen LogP contribution in [0.5, 0.6) is 0 Å². The van der Waals surface area contributed by atoms with E-state index in [-0.39, 0.29) is 16.8 Å². The maximum absolute atomic E-state index is 12.6. The number of alkyl halides is 3. The first kappa shape index (κ1) is 15.1. The molecule has 0 spiro atoms. The second-order valence-electron chi connectivity index (χ2n) is 5.64. The highest BCUT2D eigenvalue weighted by Crippen LogP contribution is 2.34. The van der Waals surface area contributed by atoms with Gasteiger partial charge in [0.1, 0.15) is 10.8 Å². The molecule has 1 amide bonds. The molecule has 1 aliphatic rings. The van der Waals surface area contributed by atoms with Crippen LogP contribution >= 0.6 is 11.3 Å². The van der Waals surface area contributed by atoms with Crippen LogP contribution in [0.4, 0.5) is 19.0 Å². The van der Waals surface area contributed by atoms with Gasteiger partial charge in [-0.2, -0.15) is 13.2 Å². The highest BCUT2D eigenvalue weighted by molar-refractivity contribution is 7.13. The van der Waals surface area contributed by atoms with E-state index in [9.17, 15) is 18.0 Å². The van der Waals surface area contributed by atoms with Gasteiger partial charge in [-0.15, -0.1) is 11.3 Å². The molecule has 9 heteroatoms. The second kappa shape index (κ2) is 5.30. The molecular weight excluding hydrogens is 341 g/mol. The van der Waals surface area contributed by atoms with Crippen LogP contribution in [-0.4, -0.2) is 20.9 Å². The maximum Gasteiger partial charge on any atom is 0.434 e. The Balaban J connectivity index is 1.63. The van der Waals surface area contributed by atoms with Crippen LogP contribution in [0.15, 0.2) is 23.7 Å². The first-order valence-corrected chi connectivity index (χ1v) is 8.11. The first-order valence-electron chi connectivity index (χ1n) is 7.23. The topological polar surface area (TPSA) is 70.7 Å². The molecule has 1 aliphatic carbocycles. The first-order chi connectivity index (χ1) is 11.4. The zero-order valence-corrected chi connectivity index (χ0v) is 13.0. The molecule has 5 nitrogen and oxygen atoms in total. The van der Waals surface area contributed by atoms with Gasteiger partial charge in [0.25, 0.3) is 0 Å². The number of hydrogen-bond donors (Lipinski definition) is 2. The molecule has 0 aromatic carbocycles. The molecule has 0 radical (unpaired) electrons. The van der Waals surface area contributed by atoms with Gasteiger partial charge in [0.15, 0.2) is 5.69 Å². The monoisotopic (exact) mass is 352 g/mol. The van der Waals surface area contributed by atoms with E-state index in [0.717, 1.165) is 34.9 Å². The van der Waals surface area contributed by atoms with Crippen molar-refractivity contribution < 1.29 is 18.0 Å². The van der Waals surface area contributed by atoms with Gasteiger partial charge in [-0.1, -0.05) is 0 Å². The third-order valence-electron chi connectivity index (χ3n) is 3.73. The summed E-state index contributed by atoms with van der Waals surface area (Å²) in [6, 6.07) is 3.35. The smallest absolute Gasteiger partial charge is 0.352 e. The van der Waals surface area contributed by atoms with Gasteiger partial charge in [-0.3, -0.25) is 4.79 Å². The van der Waals surface area contributed by atoms with Gasteiger partial charge >= 0.3 is 6.18 Å². The van der Waals surface area contributed by atoms with Crippen molar-refractivity contribution in [3.05, 3.63) is 29.4 Å². The van der Waals surface area contributed by atoms with Crippen LogP contribution in [0.2, 0.25) is 0 Å². The summed E-state index contributed by atoms with van der Waals surface area (Å²) in [6.07, 6.45) is -1.10. The highest BCUT2D eigenvalue weighted by Gasteiger charge is 2.34. The maximum atomic E-state index is 12.6. The number of pyridine rings is 1. The summed E-state index contributed by atoms with van der Waals surface area (Å²) in [5.74, 6) is 0.434. The molecule has 0 aliphatic heterocycles. The zero-order chi connectivity index (χ0) is 16.9. The Morgan fingerprint density at radius 3 is 2.79 bits per heavy atom. The molecule has 0 saturated heterocycles. The van der Waals surface area contributed by atoms with Crippen LogP contribution in [-0.2, 0) is 11.0 Å². The molecular formula is C15H11F3N4OS. The molecule has 3 aromatic heterocycles. The van der Waals surface area contributed by atoms with E-state index in [4.69, 9.17) is 0 Å². The Kier molecular flexibility index (Phi) is 3.34. The van der Waals surface area contributed by atoms with E-state index in [1.807, 2.05) is 0 Å². The van der Waals surface area contributed by atoms with Gasteiger partial charge in [-0.25, -0.2) is 9.97 Å². The van der Waals surface area contributed by atoms with E-state index in [2.05, 4.69) is 20.3 Å². The average molecular weight is 352 g/mol. The van der Waals surface area contributed by atoms with Crippen molar-refractivity contribution in [2.24, 2.45) is 5.92 Å². The lowest BCUT2D eigenvalue weighted by atomic mass is 10.3. The largest absolute Gasteiger partial charge is 0.434 e. The molecule has 4 rings (SSSR count). The van der Waals surface area contributed by atoms with Crippen LogP contribution in [0, 0.1) is 5.92 Å². The number of halogens is 3. The number of carbonyl (C=O) groups is 1. The minimum atomic E-state index is -4.46. The van der Waals surface area contributed by atoms with E-state index >= 15 is 0 Å². The van der Waals surface area contributed by atoms with Crippen LogP contribution in [0.25, 0.3) is 21.6 Å². The summed E-state index contributed by atoms with van der Waals surface area (Å²) >= 11 is 0.919. The third-order valence-corrected chi connectivity index (χ3v) is 4.60. The Morgan fingerprint density at radius 2 is 2.12 bits per heavy atom. The van der Waals surface area contributed by atoms with E-state index in [1.54, 1.807) is 18.3 Å². The summed E-state index contributed by atoms with van der Waals surface area (Å²) in [5.41, 5.74) is 0.254. The summed E-state index contributed by atoms with van der Waals surface area (Å²) < 4.78 is 37.9. The van der Waals surface area contributed by atoms with Crippen LogP contribution in [0.1, 0.15) is 18.5 Å². The number of fused-ring (bicyclic) bond motifs is 1. The number of carbonyl (C=O) groups excluding carboxylic acids is 1. The fourth-order valence-corrected chi connectivity index (χ4v) is 3.11. The molecule has 124 valence electrons. The SMILES string of the molecule is O=C(Nc1cc2[nH]c(-c3nc(C(F)(F)F)cs3)cc2cn1)C1CC1. The van der Waals surface area contributed by atoms with Gasteiger partial charge < -0.3 is 10.3 Å². The molecule has 0 unspecified atom stereocenters. The number of anilines is 1. The van der Waals surface area contributed by atoms with Crippen molar-refractivity contribution in [3.63, 3.8) is 0 Å². The van der Waals surface area contributed by atoms with Crippen LogP contribution in [0.3, 0.4) is 0 Å². The molecule has 0 bridgehead atoms. The molecule has 3 heterocycles. The fraction of sp³-hybridized carbons (Fsp3) is 0.267. The van der Waals surface area contributed by atoms with Gasteiger partial charge in [-0.05, 0) is 18.9 Å². The molecule has 24 heavy (non-hydrogen) atoms. The van der Waals surface area contributed by atoms with Gasteiger partial charge in [0.05, 0.1) is 11.2 Å². The van der Waals surface area contributed by atoms with Crippen molar-refractivity contribution >= 4 is 34.0 Å². The number of amides is 1. The average Bonchev–Trinajstić information content (AvgIpc) is 3.09. The molecule has 3 aromatic rings. The predicted octanol–water partition coefficient (Wildman–Crippen LogP) is 4.05. The van der Waals surface area contributed by atoms with E-state index in [0.29, 0.717) is 17.0 Å². The summed E-state index contributed by atoms with van der Waals surface area (Å²) in [7, 11) is 0. The summed E-state index contributed by atoms with van der Waals surface area (Å²) in [6.45, 7) is 0. The van der Waals surface area contributed by atoms with Crippen molar-refractivity contribution in [2.45, 2.75) is 19.0 Å². The number of thiazole rings is 1. The lowest BCUT2D eigenvalue weighted by molar-refractivity contribution is -0.140. The molecule has 1 fully saturated rings. The molecule has 1 saturated carbocycles. The summed E-state index contributed by atoms with van der Waals surface area (Å²) in [5, 5.41) is 4.71. The van der Waals surface area contributed by atoms with E-state index in [1.165, 1.54) is 0 Å². The van der Waals surface area contributed by atoms with E-state index < -0.39 is 11.9 Å². The number of H-pyrrole nitrogens is 1. The highest BCUT2D eigenvalue weighted by atomic mass is 32.1. The fourth-order valence-electron chi connectivity index (χ4n) is 2.31. The van der Waals surface area contributed by atoms with Crippen molar-refractivity contribution in [2.75, 3.05) is 5.32 Å². The minimum absolute atomic E-state index is 0.0524. The number of aromatic nitrogens is 3. The van der Waals surface area contributed by atoms with Crippen molar-refractivity contribution in [1.82, 2.24) is 15.0 Å². The Labute approximate surface area is 137 Å². The summed E-state index contributed by atoms with van der Waals surface area (Å²) in [4.78, 5) is 22.6. The zero-order valence-electron chi connectivity index (χ0n) is 12.1. The Hall–Kier alpha value is -2.42. The molecule has 0 atom stereocenters. The third kappa shape index (κ3) is 2.86. The Morgan fingerprint density at radius 1 is 1.33 bits per heavy atom. The predicted molar refractivity (Wildman–Crippen MR) is 83.6 cm³/mol. The lowest BCUT2D eigenvalue weighted by Gasteiger charge is -2.02. The lowest BCUT2D eigenvalue weighted by Crippen LogP contribution is -2.14. The number of nitrogens with one attached hydrogen (secondary N) is 2. The molecule has 2 N–H and O–H groups in total.